The number of aliphatic hydroxyl groups excluding tert-OH is 9. The third-order valence-electron chi connectivity index (χ3n) is 14.9. The Morgan fingerprint density at radius 2 is 0.835 bits per heavy atom. The van der Waals surface area contributed by atoms with Crippen molar-refractivity contribution in [2.45, 2.75) is 217 Å². The van der Waals surface area contributed by atoms with Crippen molar-refractivity contribution < 1.29 is 103 Å². The number of unbranched alkanes of at least 4 members (excludes halogenated alkanes) is 1. The number of Topliss-reactive ketones (excluding diaryl/α,β-unsaturated/α-hetero) is 1. The lowest BCUT2D eigenvalue weighted by Crippen LogP contribution is -2.55. The molecular formula is C54H98N4O21. The second kappa shape index (κ2) is 37.9. The molecule has 0 radical (unpaired) electrons. The van der Waals surface area contributed by atoms with Crippen LogP contribution in [0.2, 0.25) is 0 Å². The largest absolute Gasteiger partial charge is 0.394 e. The predicted octanol–water partition coefficient (Wildman–Crippen LogP) is -1.05. The molecule has 15 atom stereocenters. The van der Waals surface area contributed by atoms with Gasteiger partial charge in [-0.2, -0.15) is 0 Å². The number of aliphatic hydroxyl groups is 9. The molecule has 3 fully saturated rings. The molecule has 0 aromatic carbocycles. The van der Waals surface area contributed by atoms with Crippen LogP contribution in [0.25, 0.3) is 0 Å². The molecule has 0 spiro atoms. The fraction of sp³-hybridized carbons (Fsp3) is 0.907. The van der Waals surface area contributed by atoms with Crippen LogP contribution in [0, 0.1) is 23.7 Å². The van der Waals surface area contributed by atoms with Crippen molar-refractivity contribution in [3.05, 3.63) is 0 Å². The smallest absolute Gasteiger partial charge is 0.220 e. The van der Waals surface area contributed by atoms with Crippen molar-refractivity contribution in [2.75, 3.05) is 72.5 Å². The summed E-state index contributed by atoms with van der Waals surface area (Å²) in [5, 5.41) is 102. The summed E-state index contributed by atoms with van der Waals surface area (Å²) in [6.07, 6.45) is -9.86. The average Bonchev–Trinajstić information content (AvgIpc) is 3.42. The van der Waals surface area contributed by atoms with Gasteiger partial charge in [-0.3, -0.25) is 24.0 Å². The highest BCUT2D eigenvalue weighted by Gasteiger charge is 2.45. The molecule has 0 aromatic rings. The number of hydrogen-bond acceptors (Lipinski definition) is 21. The topological polar surface area (TPSA) is 380 Å². The van der Waals surface area contributed by atoms with Gasteiger partial charge in [0.2, 0.25) is 23.6 Å². The second-order valence-corrected chi connectivity index (χ2v) is 21.9. The number of carbonyl (C=O) groups is 5. The van der Waals surface area contributed by atoms with Crippen molar-refractivity contribution in [1.82, 2.24) is 21.3 Å². The molecule has 6 unspecified atom stereocenters. The second-order valence-electron chi connectivity index (χ2n) is 21.9. The zero-order valence-corrected chi connectivity index (χ0v) is 47.3. The minimum Gasteiger partial charge on any atom is -0.394 e. The molecule has 13 N–H and O–H groups in total. The maximum absolute atomic E-state index is 13.9. The Kier molecular flexibility index (Phi) is 33.7. The Hall–Kier alpha value is -3.09. The van der Waals surface area contributed by atoms with E-state index in [4.69, 9.17) is 33.2 Å². The molecule has 4 amide bonds. The molecule has 3 aliphatic rings. The van der Waals surface area contributed by atoms with Crippen LogP contribution in [0.15, 0.2) is 0 Å². The first kappa shape index (κ1) is 70.2. The quantitative estimate of drug-likeness (QED) is 0.0326. The lowest BCUT2D eigenvalue weighted by atomic mass is 9.82. The number of ketones is 1. The summed E-state index contributed by atoms with van der Waals surface area (Å²) in [5.41, 5.74) is -1.25. The van der Waals surface area contributed by atoms with Gasteiger partial charge in [0.1, 0.15) is 42.4 Å². The van der Waals surface area contributed by atoms with Gasteiger partial charge >= 0.3 is 0 Å². The lowest BCUT2D eigenvalue weighted by Gasteiger charge is -2.40. The first-order chi connectivity index (χ1) is 37.7. The standard InChI is InChI=1S/C54H98N4O21/c1-33(2)18-29-73-25-9-22-55-41(63)13-8-14-44(66)58-54(19-15-37(62)12-6-7-26-74-51-34(3)45(67)48(70)38(30-59)77-51,20-16-42(64)56-23-10-27-75-52-35(4)46(68)49(71)39(31-60)78-52)21-17-43(65)57-24-11-28-76-53-36(5)47(69)50(72)40(32-61)79-53/h33-36,38-40,45-53,59-61,67-72H,6-32H2,1-5H3,(H,55,63)(H,56,64)(H,57,65)(H,58,66)/t34-,35-,36-,38?,39?,40?,45?,46?,47?,48-,49-,50-,51+,52+,53+,54?/m0/s1. The molecule has 0 aromatic heterocycles. The van der Waals surface area contributed by atoms with Crippen LogP contribution in [-0.2, 0) is 57.1 Å². The zero-order valence-electron chi connectivity index (χ0n) is 47.3. The third kappa shape index (κ3) is 25.1. The van der Waals surface area contributed by atoms with Crippen LogP contribution < -0.4 is 21.3 Å². The normalized spacial score (nSPS) is 29.9. The van der Waals surface area contributed by atoms with Gasteiger partial charge in [-0.1, -0.05) is 34.6 Å². The molecule has 460 valence electrons. The summed E-state index contributed by atoms with van der Waals surface area (Å²) in [7, 11) is 0. The molecule has 3 rings (SSSR count). The van der Waals surface area contributed by atoms with Crippen molar-refractivity contribution in [1.29, 1.82) is 0 Å². The van der Waals surface area contributed by atoms with Gasteiger partial charge in [0.25, 0.3) is 0 Å². The van der Waals surface area contributed by atoms with E-state index in [1.54, 1.807) is 20.8 Å². The van der Waals surface area contributed by atoms with Crippen molar-refractivity contribution in [3.63, 3.8) is 0 Å². The number of amides is 4. The summed E-state index contributed by atoms with van der Waals surface area (Å²) in [6.45, 7) is 9.87. The van der Waals surface area contributed by atoms with Crippen LogP contribution in [0.5, 0.6) is 0 Å². The SMILES string of the molecule is CC(C)CCOCCCNC(=O)CCCC(=O)NC(CCC(=O)CCCCO[C@@H]1OC(CO)[C@H](O)C(O)[C@@H]1C)(CCC(=O)NCCCO[C@@H]1OC(CO)[C@H](O)C(O)[C@@H]1C)CCC(=O)NCCCO[C@@H]1OC(CO)[C@H](O)C(O)[C@@H]1C. The Labute approximate surface area is 465 Å². The molecule has 3 heterocycles. The van der Waals surface area contributed by atoms with Gasteiger partial charge in [-0.25, -0.2) is 0 Å². The Morgan fingerprint density at radius 3 is 1.25 bits per heavy atom. The average molecular weight is 1140 g/mol. The van der Waals surface area contributed by atoms with E-state index in [2.05, 4.69) is 35.1 Å². The number of rotatable bonds is 40. The zero-order chi connectivity index (χ0) is 58.5. The van der Waals surface area contributed by atoms with Crippen LogP contribution in [-0.4, -0.2) is 227 Å². The predicted molar refractivity (Wildman–Crippen MR) is 283 cm³/mol. The molecular weight excluding hydrogens is 1040 g/mol. The molecule has 0 bridgehead atoms. The van der Waals surface area contributed by atoms with E-state index >= 15 is 0 Å². The van der Waals surface area contributed by atoms with Gasteiger partial charge in [-0.05, 0) is 70.1 Å². The maximum Gasteiger partial charge on any atom is 0.220 e. The van der Waals surface area contributed by atoms with Gasteiger partial charge in [0, 0.05) is 101 Å². The molecule has 25 nitrogen and oxygen atoms in total. The lowest BCUT2D eigenvalue weighted by molar-refractivity contribution is -0.282. The summed E-state index contributed by atoms with van der Waals surface area (Å²) in [6, 6.07) is 0. The number of nitrogens with one attached hydrogen (secondary N) is 4. The van der Waals surface area contributed by atoms with E-state index in [1.165, 1.54) is 0 Å². The van der Waals surface area contributed by atoms with E-state index in [9.17, 15) is 69.9 Å². The molecule has 0 aliphatic carbocycles. The van der Waals surface area contributed by atoms with Gasteiger partial charge < -0.3 is 100 Å². The molecule has 79 heavy (non-hydrogen) atoms. The van der Waals surface area contributed by atoms with Gasteiger partial charge in [-0.15, -0.1) is 0 Å². The van der Waals surface area contributed by atoms with Crippen LogP contribution in [0.3, 0.4) is 0 Å². The summed E-state index contributed by atoms with van der Waals surface area (Å²) in [4.78, 5) is 67.1. The Morgan fingerprint density at radius 1 is 0.456 bits per heavy atom. The highest BCUT2D eigenvalue weighted by Crippen LogP contribution is 2.31. The van der Waals surface area contributed by atoms with E-state index in [1.807, 2.05) is 0 Å². The van der Waals surface area contributed by atoms with Crippen LogP contribution in [0.4, 0.5) is 0 Å². The number of hydrogen-bond donors (Lipinski definition) is 13. The highest BCUT2D eigenvalue weighted by atomic mass is 16.7. The molecule has 25 heteroatoms. The van der Waals surface area contributed by atoms with Crippen LogP contribution in [0.1, 0.15) is 137 Å². The van der Waals surface area contributed by atoms with E-state index in [0.29, 0.717) is 57.8 Å². The monoisotopic (exact) mass is 1140 g/mol. The molecule has 3 saturated heterocycles. The summed E-state index contributed by atoms with van der Waals surface area (Å²) >= 11 is 0. The minimum absolute atomic E-state index is 0.0251. The number of carbonyl (C=O) groups excluding carboxylic acids is 5. The highest BCUT2D eigenvalue weighted by molar-refractivity contribution is 5.81. The third-order valence-corrected chi connectivity index (χ3v) is 14.9. The Bertz CT molecular complexity index is 1600. The van der Waals surface area contributed by atoms with E-state index < -0.39 is 123 Å². The first-order valence-electron chi connectivity index (χ1n) is 28.6. The molecule has 0 saturated carbocycles. The maximum atomic E-state index is 13.9. The fourth-order valence-electron chi connectivity index (χ4n) is 9.48. The van der Waals surface area contributed by atoms with Crippen molar-refractivity contribution in [3.8, 4) is 0 Å². The Balaban J connectivity index is 1.68. The van der Waals surface area contributed by atoms with E-state index in [-0.39, 0.29) is 121 Å². The van der Waals surface area contributed by atoms with E-state index in [0.717, 1.165) is 6.42 Å². The minimum atomic E-state index is -1.28. The fourth-order valence-corrected chi connectivity index (χ4v) is 9.48. The number of ether oxygens (including phenoxy) is 7. The van der Waals surface area contributed by atoms with Crippen LogP contribution >= 0.6 is 0 Å². The van der Waals surface area contributed by atoms with Gasteiger partial charge in [0.05, 0.1) is 51.3 Å². The molecule has 3 aliphatic heterocycles. The summed E-state index contributed by atoms with van der Waals surface area (Å²) in [5.74, 6) is -2.85. The first-order valence-corrected chi connectivity index (χ1v) is 28.6. The van der Waals surface area contributed by atoms with Gasteiger partial charge in [0.15, 0.2) is 18.9 Å². The van der Waals surface area contributed by atoms with Crippen molar-refractivity contribution >= 4 is 29.4 Å². The summed E-state index contributed by atoms with van der Waals surface area (Å²) < 4.78 is 39.9. The van der Waals surface area contributed by atoms with Crippen molar-refractivity contribution in [2.24, 2.45) is 23.7 Å².